The van der Waals surface area contributed by atoms with E-state index in [-0.39, 0.29) is 11.8 Å². The van der Waals surface area contributed by atoms with Crippen LogP contribution in [0.25, 0.3) is 0 Å². The maximum atomic E-state index is 12.0. The van der Waals surface area contributed by atoms with E-state index < -0.39 is 6.10 Å². The summed E-state index contributed by atoms with van der Waals surface area (Å²) in [7, 11) is 0. The van der Waals surface area contributed by atoms with Crippen molar-refractivity contribution in [2.24, 2.45) is 0 Å². The first-order valence-electron chi connectivity index (χ1n) is 6.72. The third-order valence-electron chi connectivity index (χ3n) is 2.95. The van der Waals surface area contributed by atoms with E-state index in [2.05, 4.69) is 16.0 Å². The Hall–Kier alpha value is -1.92. The van der Waals surface area contributed by atoms with Crippen LogP contribution in [-0.4, -0.2) is 44.2 Å². The number of carbonyl (C=O) groups excluding carboxylic acids is 2. The van der Waals surface area contributed by atoms with Gasteiger partial charge in [-0.3, -0.25) is 9.59 Å². The van der Waals surface area contributed by atoms with Gasteiger partial charge in [-0.2, -0.15) is 0 Å². The molecule has 1 atom stereocenters. The van der Waals surface area contributed by atoms with Crippen LogP contribution in [0.1, 0.15) is 17.3 Å². The second kappa shape index (κ2) is 7.02. The van der Waals surface area contributed by atoms with Crippen molar-refractivity contribution in [1.82, 2.24) is 10.6 Å². The molecule has 0 aromatic heterocycles. The highest BCUT2D eigenvalue weighted by Gasteiger charge is 2.21. The average Bonchev–Trinajstić information content (AvgIpc) is 2.48. The van der Waals surface area contributed by atoms with E-state index >= 15 is 0 Å². The summed E-state index contributed by atoms with van der Waals surface area (Å²) in [6, 6.07) is 6.84. The summed E-state index contributed by atoms with van der Waals surface area (Å²) in [6.45, 7) is 4.21. The number of rotatable bonds is 4. The molecule has 1 aromatic rings. The number of carbonyl (C=O) groups is 2. The predicted octanol–water partition coefficient (Wildman–Crippen LogP) is 0.363. The van der Waals surface area contributed by atoms with Gasteiger partial charge >= 0.3 is 0 Å². The van der Waals surface area contributed by atoms with Crippen molar-refractivity contribution < 1.29 is 14.3 Å². The predicted molar refractivity (Wildman–Crippen MR) is 75.7 cm³/mol. The zero-order valence-electron chi connectivity index (χ0n) is 11.4. The van der Waals surface area contributed by atoms with E-state index in [0.717, 1.165) is 6.54 Å². The van der Waals surface area contributed by atoms with Gasteiger partial charge in [-0.15, -0.1) is 0 Å². The Kier molecular flexibility index (Phi) is 5.09. The van der Waals surface area contributed by atoms with Crippen molar-refractivity contribution in [3.05, 3.63) is 29.8 Å². The van der Waals surface area contributed by atoms with Crippen LogP contribution in [0.2, 0.25) is 0 Å². The highest BCUT2D eigenvalue weighted by Crippen LogP contribution is 2.12. The lowest BCUT2D eigenvalue weighted by Crippen LogP contribution is -2.45. The van der Waals surface area contributed by atoms with Crippen molar-refractivity contribution in [2.45, 2.75) is 13.0 Å². The topological polar surface area (TPSA) is 79.5 Å². The van der Waals surface area contributed by atoms with Crippen molar-refractivity contribution in [3.8, 4) is 0 Å². The second-order valence-corrected chi connectivity index (χ2v) is 4.49. The normalized spacial score (nSPS) is 18.4. The van der Waals surface area contributed by atoms with Crippen LogP contribution < -0.4 is 16.0 Å². The van der Waals surface area contributed by atoms with E-state index in [1.54, 1.807) is 24.3 Å². The Labute approximate surface area is 117 Å². The van der Waals surface area contributed by atoms with Gasteiger partial charge in [0, 0.05) is 30.9 Å². The maximum absolute atomic E-state index is 12.0. The van der Waals surface area contributed by atoms with Gasteiger partial charge in [0.25, 0.3) is 11.8 Å². The minimum atomic E-state index is -0.489. The largest absolute Gasteiger partial charge is 0.366 e. The van der Waals surface area contributed by atoms with Crippen LogP contribution in [0.15, 0.2) is 24.3 Å². The minimum absolute atomic E-state index is 0.154. The van der Waals surface area contributed by atoms with E-state index in [1.165, 1.54) is 0 Å². The Morgan fingerprint density at radius 1 is 1.45 bits per heavy atom. The molecule has 1 aliphatic rings. The third-order valence-corrected chi connectivity index (χ3v) is 2.95. The molecule has 1 unspecified atom stereocenters. The number of hydrogen-bond acceptors (Lipinski definition) is 4. The first kappa shape index (κ1) is 14.5. The van der Waals surface area contributed by atoms with Gasteiger partial charge in [-0.25, -0.2) is 0 Å². The van der Waals surface area contributed by atoms with Crippen LogP contribution in [0.5, 0.6) is 0 Å². The highest BCUT2D eigenvalue weighted by molar-refractivity contribution is 5.98. The van der Waals surface area contributed by atoms with Gasteiger partial charge in [0.2, 0.25) is 0 Å². The summed E-state index contributed by atoms with van der Waals surface area (Å²) >= 11 is 0. The van der Waals surface area contributed by atoms with Gasteiger partial charge in [-0.05, 0) is 25.1 Å². The summed E-state index contributed by atoms with van der Waals surface area (Å²) in [5.41, 5.74) is 1.11. The first-order chi connectivity index (χ1) is 9.70. The molecule has 1 fully saturated rings. The van der Waals surface area contributed by atoms with Gasteiger partial charge in [0.05, 0.1) is 6.61 Å². The molecule has 1 saturated heterocycles. The second-order valence-electron chi connectivity index (χ2n) is 4.49. The monoisotopic (exact) mass is 277 g/mol. The first-order valence-corrected chi connectivity index (χ1v) is 6.72. The van der Waals surface area contributed by atoms with Gasteiger partial charge in [0.15, 0.2) is 0 Å². The number of morpholine rings is 1. The Morgan fingerprint density at radius 2 is 2.30 bits per heavy atom. The van der Waals surface area contributed by atoms with Crippen LogP contribution in [-0.2, 0) is 9.53 Å². The number of nitrogens with one attached hydrogen (secondary N) is 3. The quantitative estimate of drug-likeness (QED) is 0.742. The molecule has 0 bridgehead atoms. The van der Waals surface area contributed by atoms with Crippen molar-refractivity contribution >= 4 is 17.5 Å². The molecule has 2 amide bonds. The fraction of sp³-hybridized carbons (Fsp3) is 0.429. The van der Waals surface area contributed by atoms with E-state index in [9.17, 15) is 9.59 Å². The van der Waals surface area contributed by atoms with Crippen molar-refractivity contribution in [3.63, 3.8) is 0 Å². The molecule has 3 N–H and O–H groups in total. The molecule has 6 heteroatoms. The van der Waals surface area contributed by atoms with Gasteiger partial charge < -0.3 is 20.7 Å². The lowest BCUT2D eigenvalue weighted by atomic mass is 10.2. The molecule has 2 rings (SSSR count). The zero-order valence-corrected chi connectivity index (χ0v) is 11.4. The number of hydrogen-bond donors (Lipinski definition) is 3. The summed E-state index contributed by atoms with van der Waals surface area (Å²) in [4.78, 5) is 23.7. The molecule has 0 saturated carbocycles. The molecule has 0 spiro atoms. The molecule has 1 aromatic carbocycles. The molecule has 1 heterocycles. The highest BCUT2D eigenvalue weighted by atomic mass is 16.5. The molecule has 6 nitrogen and oxygen atoms in total. The smallest absolute Gasteiger partial charge is 0.254 e. The van der Waals surface area contributed by atoms with Crippen molar-refractivity contribution in [2.75, 3.05) is 31.6 Å². The van der Waals surface area contributed by atoms with E-state index in [0.29, 0.717) is 30.9 Å². The molecule has 0 aliphatic carbocycles. The van der Waals surface area contributed by atoms with Gasteiger partial charge in [-0.1, -0.05) is 6.07 Å². The summed E-state index contributed by atoms with van der Waals surface area (Å²) in [6.07, 6.45) is -0.489. The van der Waals surface area contributed by atoms with E-state index in [1.807, 2.05) is 6.92 Å². The summed E-state index contributed by atoms with van der Waals surface area (Å²) in [5.74, 6) is -0.357. The zero-order chi connectivity index (χ0) is 14.4. The van der Waals surface area contributed by atoms with Crippen LogP contribution in [0.3, 0.4) is 0 Å². The standard InChI is InChI=1S/C14H19N3O3/c1-2-16-13(18)10-4-3-5-11(8-10)17-14(19)12-9-15-6-7-20-12/h3-5,8,12,15H,2,6-7,9H2,1H3,(H,16,18)(H,17,19). The van der Waals surface area contributed by atoms with E-state index in [4.69, 9.17) is 4.74 Å². The van der Waals surface area contributed by atoms with Crippen LogP contribution in [0, 0.1) is 0 Å². The number of amides is 2. The van der Waals surface area contributed by atoms with Crippen LogP contribution >= 0.6 is 0 Å². The SMILES string of the molecule is CCNC(=O)c1cccc(NC(=O)C2CNCCO2)c1. The van der Waals surface area contributed by atoms with Gasteiger partial charge in [0.1, 0.15) is 6.10 Å². The molecular formula is C14H19N3O3. The Balaban J connectivity index is 2.00. The Bertz CT molecular complexity index is 484. The molecule has 1 aliphatic heterocycles. The third kappa shape index (κ3) is 3.79. The summed E-state index contributed by atoms with van der Waals surface area (Å²) in [5, 5.41) is 8.58. The molecule has 20 heavy (non-hydrogen) atoms. The average molecular weight is 277 g/mol. The summed E-state index contributed by atoms with van der Waals surface area (Å²) < 4.78 is 5.37. The van der Waals surface area contributed by atoms with Crippen LogP contribution in [0.4, 0.5) is 5.69 Å². The number of ether oxygens (including phenoxy) is 1. The number of anilines is 1. The lowest BCUT2D eigenvalue weighted by molar-refractivity contribution is -0.128. The minimum Gasteiger partial charge on any atom is -0.366 e. The fourth-order valence-electron chi connectivity index (χ4n) is 1.96. The molecular weight excluding hydrogens is 258 g/mol. The maximum Gasteiger partial charge on any atom is 0.254 e. The molecule has 108 valence electrons. The molecule has 0 radical (unpaired) electrons. The lowest BCUT2D eigenvalue weighted by Gasteiger charge is -2.22. The van der Waals surface area contributed by atoms with Crippen molar-refractivity contribution in [1.29, 1.82) is 0 Å². The Morgan fingerprint density at radius 3 is 3.00 bits per heavy atom. The fourth-order valence-corrected chi connectivity index (χ4v) is 1.96. The number of benzene rings is 1.